The number of para-hydroxylation sites is 1. The largest absolute Gasteiger partial charge is 0.467 e. The van der Waals surface area contributed by atoms with Gasteiger partial charge in [0.2, 0.25) is 5.91 Å². The number of ether oxygens (including phenoxy) is 2. The summed E-state index contributed by atoms with van der Waals surface area (Å²) in [6.07, 6.45) is 3.45. The molecule has 1 aromatic rings. The first-order chi connectivity index (χ1) is 14.9. The van der Waals surface area contributed by atoms with Crippen LogP contribution in [0.1, 0.15) is 43.0 Å². The standard InChI is InChI=1S/C24H33N3O4/c1-23-8-7-17(24(16-23)25-21(28)18-5-3-4-6-20(18)31-24)15-19(23)22(29)27-11-9-26(10-12-27)13-14-30-2/h3-6,17,19H,7-16H2,1-2H3,(H,25,28). The maximum absolute atomic E-state index is 13.6. The lowest BCUT2D eigenvalue weighted by molar-refractivity contribution is -0.175. The molecule has 0 radical (unpaired) electrons. The summed E-state index contributed by atoms with van der Waals surface area (Å²) in [7, 11) is 1.72. The number of piperazine rings is 1. The number of amides is 2. The summed E-state index contributed by atoms with van der Waals surface area (Å²) in [4.78, 5) is 30.8. The van der Waals surface area contributed by atoms with E-state index in [-0.39, 0.29) is 29.1 Å². The van der Waals surface area contributed by atoms with Gasteiger partial charge in [0.15, 0.2) is 5.72 Å². The van der Waals surface area contributed by atoms with Crippen molar-refractivity contribution in [3.8, 4) is 5.75 Å². The molecule has 2 bridgehead atoms. The van der Waals surface area contributed by atoms with Crippen molar-refractivity contribution in [2.24, 2.45) is 17.3 Å². The summed E-state index contributed by atoms with van der Waals surface area (Å²) in [6.45, 7) is 7.24. The summed E-state index contributed by atoms with van der Waals surface area (Å²) in [6, 6.07) is 7.45. The molecule has 4 fully saturated rings. The van der Waals surface area contributed by atoms with E-state index in [1.54, 1.807) is 13.2 Å². The highest BCUT2D eigenvalue weighted by atomic mass is 16.5. The van der Waals surface area contributed by atoms with Crippen molar-refractivity contribution in [1.29, 1.82) is 0 Å². The van der Waals surface area contributed by atoms with E-state index < -0.39 is 5.72 Å². The van der Waals surface area contributed by atoms with Gasteiger partial charge in [-0.3, -0.25) is 14.5 Å². The van der Waals surface area contributed by atoms with Crippen LogP contribution < -0.4 is 10.1 Å². The van der Waals surface area contributed by atoms with Crippen LogP contribution in [0.15, 0.2) is 24.3 Å². The van der Waals surface area contributed by atoms with Gasteiger partial charge in [-0.25, -0.2) is 0 Å². The van der Waals surface area contributed by atoms with Crippen molar-refractivity contribution in [2.75, 3.05) is 46.4 Å². The molecule has 31 heavy (non-hydrogen) atoms. The highest BCUT2D eigenvalue weighted by molar-refractivity contribution is 5.98. The van der Waals surface area contributed by atoms with E-state index in [1.807, 2.05) is 18.2 Å². The third-order valence-electron chi connectivity index (χ3n) is 8.09. The Labute approximate surface area is 184 Å². The molecule has 0 aromatic heterocycles. The molecule has 3 aliphatic carbocycles. The van der Waals surface area contributed by atoms with Gasteiger partial charge >= 0.3 is 0 Å². The molecule has 6 rings (SSSR count). The molecule has 168 valence electrons. The molecule has 7 nitrogen and oxygen atoms in total. The molecule has 1 saturated heterocycles. The summed E-state index contributed by atoms with van der Waals surface area (Å²) in [5, 5.41) is 3.20. The number of methoxy groups -OCH3 is 1. The predicted octanol–water partition coefficient (Wildman–Crippen LogP) is 2.12. The van der Waals surface area contributed by atoms with Gasteiger partial charge in [0.1, 0.15) is 5.75 Å². The van der Waals surface area contributed by atoms with Gasteiger partial charge in [-0.15, -0.1) is 0 Å². The fourth-order valence-corrected chi connectivity index (χ4v) is 6.27. The van der Waals surface area contributed by atoms with Crippen LogP contribution in [0.5, 0.6) is 5.75 Å². The van der Waals surface area contributed by atoms with Gasteiger partial charge in [-0.2, -0.15) is 0 Å². The van der Waals surface area contributed by atoms with E-state index in [2.05, 4.69) is 22.0 Å². The van der Waals surface area contributed by atoms with Gasteiger partial charge < -0.3 is 19.7 Å². The lowest BCUT2D eigenvalue weighted by atomic mass is 9.52. The summed E-state index contributed by atoms with van der Waals surface area (Å²) < 4.78 is 11.7. The number of carbonyl (C=O) groups is 2. The molecule has 2 heterocycles. The van der Waals surface area contributed by atoms with Crippen molar-refractivity contribution in [1.82, 2.24) is 15.1 Å². The van der Waals surface area contributed by atoms with E-state index >= 15 is 0 Å². The quantitative estimate of drug-likeness (QED) is 0.797. The molecule has 2 aliphatic heterocycles. The second kappa shape index (κ2) is 7.78. The van der Waals surface area contributed by atoms with Gasteiger partial charge in [-0.05, 0) is 36.8 Å². The monoisotopic (exact) mass is 427 g/mol. The number of hydrogen-bond donors (Lipinski definition) is 1. The summed E-state index contributed by atoms with van der Waals surface area (Å²) in [5.41, 5.74) is -0.259. The molecule has 3 saturated carbocycles. The summed E-state index contributed by atoms with van der Waals surface area (Å²) >= 11 is 0. The average molecular weight is 428 g/mol. The second-order valence-corrected chi connectivity index (χ2v) is 9.96. The molecule has 5 aliphatic rings. The zero-order valence-electron chi connectivity index (χ0n) is 18.6. The maximum atomic E-state index is 13.6. The van der Waals surface area contributed by atoms with Crippen LogP contribution in [0.2, 0.25) is 0 Å². The number of fused-ring (bicyclic) bond motifs is 3. The third-order valence-corrected chi connectivity index (χ3v) is 8.09. The van der Waals surface area contributed by atoms with E-state index in [4.69, 9.17) is 9.47 Å². The van der Waals surface area contributed by atoms with Crippen LogP contribution in [-0.4, -0.2) is 73.8 Å². The SMILES string of the molecule is COCCN1CCN(C(=O)C2CC3CCC2(C)CC32NC(=O)c3ccccc3O2)CC1. The molecule has 2 amide bonds. The van der Waals surface area contributed by atoms with Crippen molar-refractivity contribution < 1.29 is 19.1 Å². The predicted molar refractivity (Wildman–Crippen MR) is 116 cm³/mol. The molecule has 1 N–H and O–H groups in total. The van der Waals surface area contributed by atoms with E-state index in [1.165, 1.54) is 0 Å². The van der Waals surface area contributed by atoms with Gasteiger partial charge in [0.25, 0.3) is 5.91 Å². The van der Waals surface area contributed by atoms with Gasteiger partial charge in [0, 0.05) is 58.1 Å². The van der Waals surface area contributed by atoms with Crippen LogP contribution in [0.4, 0.5) is 0 Å². The van der Waals surface area contributed by atoms with Crippen molar-refractivity contribution >= 4 is 11.8 Å². The Kier molecular flexibility index (Phi) is 5.21. The minimum absolute atomic E-state index is 0.0000671. The number of nitrogens with one attached hydrogen (secondary N) is 1. The number of carbonyl (C=O) groups excluding carboxylic acids is 2. The number of rotatable bonds is 4. The number of hydrogen-bond acceptors (Lipinski definition) is 5. The Bertz CT molecular complexity index is 868. The molecule has 7 heteroatoms. The Morgan fingerprint density at radius 2 is 2.03 bits per heavy atom. The Balaban J connectivity index is 1.30. The van der Waals surface area contributed by atoms with Crippen molar-refractivity contribution in [3.05, 3.63) is 29.8 Å². The fourth-order valence-electron chi connectivity index (χ4n) is 6.27. The molecule has 1 aromatic carbocycles. The van der Waals surface area contributed by atoms with Crippen LogP contribution in [0, 0.1) is 17.3 Å². The lowest BCUT2D eigenvalue weighted by Crippen LogP contribution is -2.69. The number of nitrogens with zero attached hydrogens (tertiary/aromatic N) is 2. The van der Waals surface area contributed by atoms with Crippen LogP contribution in [0.25, 0.3) is 0 Å². The highest BCUT2D eigenvalue weighted by Crippen LogP contribution is 2.59. The van der Waals surface area contributed by atoms with Crippen molar-refractivity contribution in [3.63, 3.8) is 0 Å². The molecular weight excluding hydrogens is 394 g/mol. The molecule has 1 spiro atoms. The highest BCUT2D eigenvalue weighted by Gasteiger charge is 2.62. The normalized spacial score (nSPS) is 34.9. The minimum Gasteiger partial charge on any atom is -0.467 e. The Morgan fingerprint density at radius 1 is 1.26 bits per heavy atom. The molecular formula is C24H33N3O4. The van der Waals surface area contributed by atoms with Crippen LogP contribution >= 0.6 is 0 Å². The Hall–Kier alpha value is -2.12. The topological polar surface area (TPSA) is 71.1 Å². The number of benzene rings is 1. The van der Waals surface area contributed by atoms with Crippen LogP contribution in [0.3, 0.4) is 0 Å². The lowest BCUT2D eigenvalue weighted by Gasteiger charge is -2.60. The molecule has 4 atom stereocenters. The van der Waals surface area contributed by atoms with Crippen molar-refractivity contribution in [2.45, 2.75) is 38.3 Å². The maximum Gasteiger partial charge on any atom is 0.258 e. The fraction of sp³-hybridized carbons (Fsp3) is 0.667. The summed E-state index contributed by atoms with van der Waals surface area (Å²) in [5.74, 6) is 1.05. The van der Waals surface area contributed by atoms with Gasteiger partial charge in [-0.1, -0.05) is 19.1 Å². The van der Waals surface area contributed by atoms with Gasteiger partial charge in [0.05, 0.1) is 12.2 Å². The van der Waals surface area contributed by atoms with E-state index in [0.29, 0.717) is 17.7 Å². The zero-order chi connectivity index (χ0) is 21.6. The first kappa shape index (κ1) is 20.8. The average Bonchev–Trinajstić information content (AvgIpc) is 2.77. The third kappa shape index (κ3) is 3.52. The first-order valence-electron chi connectivity index (χ1n) is 11.5. The van der Waals surface area contributed by atoms with E-state index in [0.717, 1.165) is 58.6 Å². The second-order valence-electron chi connectivity index (χ2n) is 9.96. The zero-order valence-corrected chi connectivity index (χ0v) is 18.6. The Morgan fingerprint density at radius 3 is 2.77 bits per heavy atom. The van der Waals surface area contributed by atoms with E-state index in [9.17, 15) is 9.59 Å². The van der Waals surface area contributed by atoms with Crippen LogP contribution in [-0.2, 0) is 9.53 Å². The smallest absolute Gasteiger partial charge is 0.258 e. The molecule has 4 unspecified atom stereocenters. The first-order valence-corrected chi connectivity index (χ1v) is 11.5. The minimum atomic E-state index is -0.686.